The molecule has 0 radical (unpaired) electrons. The molecule has 340 valence electrons. The maximum atomic E-state index is 6.69. The molecule has 1 N–H and O–H groups in total. The van der Waals surface area contributed by atoms with Crippen LogP contribution in [0.15, 0.2) is 66.6 Å². The van der Waals surface area contributed by atoms with Gasteiger partial charge in [0, 0.05) is 81.4 Å². The monoisotopic (exact) mass is 914 g/mol. The summed E-state index contributed by atoms with van der Waals surface area (Å²) in [6.07, 6.45) is 9.11. The molecular formula is C50H50MgN8O8. The summed E-state index contributed by atoms with van der Waals surface area (Å²) in [5.74, 6) is 0.106. The maximum Gasteiger partial charge on any atom is 2.00 e. The van der Waals surface area contributed by atoms with E-state index in [4.69, 9.17) is 73.1 Å². The Morgan fingerprint density at radius 1 is 0.493 bits per heavy atom. The Hall–Kier alpha value is -3.62. The number of rotatable bonds is 0. The minimum atomic E-state index is -0.743. The van der Waals surface area contributed by atoms with Gasteiger partial charge in [-0.15, -0.1) is 0 Å². The molecule has 17 aliphatic rings. The van der Waals surface area contributed by atoms with Crippen LogP contribution in [0, 0.1) is 23.7 Å². The van der Waals surface area contributed by atoms with Gasteiger partial charge in [0.2, 0.25) is 0 Å². The summed E-state index contributed by atoms with van der Waals surface area (Å²) < 4.78 is 53.4. The summed E-state index contributed by atoms with van der Waals surface area (Å²) in [5.41, 5.74) is 9.95. The van der Waals surface area contributed by atoms with Crippen molar-refractivity contribution in [1.29, 1.82) is 0 Å². The van der Waals surface area contributed by atoms with Crippen LogP contribution in [0.25, 0.3) is 5.32 Å². The largest absolute Gasteiger partial charge is 2.00 e. The number of nitrogens with one attached hydrogen (secondary N) is 1. The van der Waals surface area contributed by atoms with Gasteiger partial charge in [-0.25, -0.2) is 0 Å². The van der Waals surface area contributed by atoms with Crippen molar-refractivity contribution in [3.63, 3.8) is 0 Å². The minimum absolute atomic E-state index is 0. The summed E-state index contributed by atoms with van der Waals surface area (Å²) in [5, 5.41) is 5.48. The summed E-state index contributed by atoms with van der Waals surface area (Å²) in [6.45, 7) is 16.0. The van der Waals surface area contributed by atoms with Crippen molar-refractivity contribution in [2.24, 2.45) is 43.6 Å². The van der Waals surface area contributed by atoms with Gasteiger partial charge in [0.15, 0.2) is 23.1 Å². The summed E-state index contributed by atoms with van der Waals surface area (Å²) in [6, 6.07) is 0. The Labute approximate surface area is 402 Å². The molecule has 16 bridgehead atoms. The van der Waals surface area contributed by atoms with Crippen molar-refractivity contribution in [2.45, 2.75) is 170 Å². The standard InChI is InChI=1S/C50H49N8O8.Mg/c1-47(2)59-31-15-9-11-17(33(31)61-47)25-23(15)39-51-40-24-16-10-12-18(34-32(16)60-48(3,4)62-34)26(24)42(53-40)55-44-28-20-14-22(38-36(20)64-50(7,8)66-38)30(28)46(57-44)58-45-29-21-13-19(35-37(21)65-49(5,6)63-35)27(29)43(56-45)54-41(25)52-39;/h9-12,15-22,31-38,45H,13-14H2,1-8H3;/q-3;+2/p+1. The fraction of sp³-hybridized carbons (Fsp3) is 0.620. The third-order valence-electron chi connectivity index (χ3n) is 17.5. The van der Waals surface area contributed by atoms with Gasteiger partial charge < -0.3 is 73.1 Å². The molecule has 4 saturated heterocycles. The number of nitrogens with zero attached hydrogens (tertiary/aromatic N) is 7. The zero-order valence-corrected chi connectivity index (χ0v) is 40.1. The normalized spacial score (nSPS) is 47.7. The van der Waals surface area contributed by atoms with Gasteiger partial charge in [-0.05, 0) is 102 Å². The average molecular weight is 915 g/mol. The SMILES string of the molecule is CC1(C)OC2C3C=CC(C4=C3C3=[NH+]/C4=N\c4[n-]c(c5c4C4C=CC5C5OC(C)(C)OC45)/N=C4\[N-]C(/N=c5\[n-]c(c6c5C5CC6C6OC(C)(C)OC56)=N3)C3=C4C4CC3C3OC(C)(C)OC43)C2O1.[Mg+2]. The Bertz CT molecular complexity index is 3100. The van der Waals surface area contributed by atoms with Crippen molar-refractivity contribution in [1.82, 2.24) is 9.97 Å². The molecule has 10 aliphatic carbocycles. The molecule has 2 aromatic heterocycles. The Morgan fingerprint density at radius 2 is 0.970 bits per heavy atom. The maximum absolute atomic E-state index is 6.69. The van der Waals surface area contributed by atoms with E-state index < -0.39 is 29.3 Å². The molecule has 0 spiro atoms. The molecule has 17 atom stereocenters. The van der Waals surface area contributed by atoms with Gasteiger partial charge in [0.05, 0.1) is 48.8 Å². The third-order valence-corrected chi connectivity index (χ3v) is 17.5. The fourth-order valence-corrected chi connectivity index (χ4v) is 15.7. The van der Waals surface area contributed by atoms with E-state index in [1.165, 1.54) is 0 Å². The van der Waals surface area contributed by atoms with E-state index in [-0.39, 0.29) is 119 Å². The molecule has 6 fully saturated rings. The van der Waals surface area contributed by atoms with Crippen LogP contribution >= 0.6 is 0 Å². The predicted octanol–water partition coefficient (Wildman–Crippen LogP) is 2.91. The molecule has 17 heteroatoms. The number of aliphatic imine (C=N–C) groups is 2. The van der Waals surface area contributed by atoms with Crippen LogP contribution in [-0.4, -0.2) is 119 Å². The second kappa shape index (κ2) is 12.3. The number of amidine groups is 3. The molecule has 0 aromatic carbocycles. The third kappa shape index (κ3) is 4.95. The molecule has 9 heterocycles. The van der Waals surface area contributed by atoms with Crippen LogP contribution in [-0.2, 0) is 37.9 Å². The van der Waals surface area contributed by atoms with E-state index >= 15 is 0 Å². The van der Waals surface area contributed by atoms with E-state index in [9.17, 15) is 0 Å². The zero-order valence-electron chi connectivity index (χ0n) is 38.6. The summed E-state index contributed by atoms with van der Waals surface area (Å²) in [7, 11) is 0. The molecule has 2 saturated carbocycles. The van der Waals surface area contributed by atoms with Gasteiger partial charge in [-0.2, -0.15) is 0 Å². The first kappa shape index (κ1) is 40.1. The second-order valence-corrected chi connectivity index (χ2v) is 23.0. The first-order valence-electron chi connectivity index (χ1n) is 24.2. The van der Waals surface area contributed by atoms with Crippen molar-refractivity contribution >= 4 is 52.2 Å². The number of hydrogen-bond acceptors (Lipinski definition) is 12. The first-order valence-corrected chi connectivity index (χ1v) is 24.2. The van der Waals surface area contributed by atoms with E-state index in [2.05, 4.69) is 29.3 Å². The van der Waals surface area contributed by atoms with Gasteiger partial charge in [0.25, 0.3) is 0 Å². The average Bonchev–Trinajstić information content (AvgIpc) is 4.08. The zero-order chi connectivity index (χ0) is 44.0. The van der Waals surface area contributed by atoms with E-state index in [0.717, 1.165) is 57.4 Å². The fourth-order valence-electron chi connectivity index (χ4n) is 15.7. The smallest absolute Gasteiger partial charge is 0.452 e. The van der Waals surface area contributed by atoms with E-state index in [0.29, 0.717) is 40.1 Å². The van der Waals surface area contributed by atoms with Gasteiger partial charge in [0.1, 0.15) is 11.7 Å². The summed E-state index contributed by atoms with van der Waals surface area (Å²) in [4.78, 5) is 37.1. The quantitative estimate of drug-likeness (QED) is 0.305. The van der Waals surface area contributed by atoms with Crippen molar-refractivity contribution in [2.75, 3.05) is 0 Å². The topological polar surface area (TPSA) is 180 Å². The van der Waals surface area contributed by atoms with Gasteiger partial charge >= 0.3 is 23.1 Å². The number of fused-ring (bicyclic) bond motifs is 26. The van der Waals surface area contributed by atoms with Crippen LogP contribution in [0.3, 0.4) is 0 Å². The Kier molecular flexibility index (Phi) is 7.35. The Balaban J connectivity index is 0.00000396. The number of hydrogen-bond donors (Lipinski definition) is 1. The van der Waals surface area contributed by atoms with Crippen molar-refractivity contribution in [3.05, 3.63) is 85.1 Å². The molecular weight excluding hydrogens is 865 g/mol. The van der Waals surface area contributed by atoms with Crippen molar-refractivity contribution in [3.8, 4) is 0 Å². The van der Waals surface area contributed by atoms with Crippen LogP contribution in [0.5, 0.6) is 0 Å². The Morgan fingerprint density at radius 3 is 1.58 bits per heavy atom. The molecule has 16 nitrogen and oxygen atoms in total. The van der Waals surface area contributed by atoms with E-state index in [1.807, 2.05) is 55.4 Å². The molecule has 67 heavy (non-hydrogen) atoms. The second-order valence-electron chi connectivity index (χ2n) is 23.0. The van der Waals surface area contributed by atoms with E-state index in [1.54, 1.807) is 0 Å². The number of aromatic nitrogens is 2. The number of ether oxygens (including phenoxy) is 8. The van der Waals surface area contributed by atoms with Crippen molar-refractivity contribution < 1.29 is 42.9 Å². The van der Waals surface area contributed by atoms with Crippen LogP contribution < -0.4 is 25.9 Å². The first-order chi connectivity index (χ1) is 31.6. The summed E-state index contributed by atoms with van der Waals surface area (Å²) >= 11 is 0. The van der Waals surface area contributed by atoms with Crippen LogP contribution in [0.4, 0.5) is 11.6 Å². The molecule has 7 aliphatic heterocycles. The molecule has 0 amide bonds. The molecule has 19 rings (SSSR count). The molecule has 17 unspecified atom stereocenters. The van der Waals surface area contributed by atoms with Gasteiger partial charge in [-0.1, -0.05) is 35.7 Å². The minimum Gasteiger partial charge on any atom is -0.452 e. The van der Waals surface area contributed by atoms with Crippen LogP contribution in [0.1, 0.15) is 114 Å². The van der Waals surface area contributed by atoms with Gasteiger partial charge in [-0.3, -0.25) is 4.99 Å². The molecule has 2 aromatic rings. The predicted molar refractivity (Wildman–Crippen MR) is 237 cm³/mol. The van der Waals surface area contributed by atoms with Crippen LogP contribution in [0.2, 0.25) is 0 Å².